The maximum Gasteiger partial charge on any atom is 0.115 e. The van der Waals surface area contributed by atoms with Gasteiger partial charge in [-0.2, -0.15) is 0 Å². The third-order valence-corrected chi connectivity index (χ3v) is 1.71. The summed E-state index contributed by atoms with van der Waals surface area (Å²) in [5, 5.41) is 9.13. The zero-order chi connectivity index (χ0) is 8.97. The van der Waals surface area contributed by atoms with Gasteiger partial charge in [0.15, 0.2) is 0 Å². The molecule has 0 aliphatic carbocycles. The van der Waals surface area contributed by atoms with Crippen LogP contribution in [-0.4, -0.2) is 17.7 Å². The van der Waals surface area contributed by atoms with Gasteiger partial charge in [0, 0.05) is 12.6 Å². The smallest absolute Gasteiger partial charge is 0.115 e. The molecule has 0 heterocycles. The molecule has 5 N–H and O–H groups in total. The summed E-state index contributed by atoms with van der Waals surface area (Å²) in [7, 11) is 0. The predicted octanol–water partition coefficient (Wildman–Crippen LogP) is 0.221. The first kappa shape index (κ1) is 9.03. The summed E-state index contributed by atoms with van der Waals surface area (Å²) in [4.78, 5) is 0. The van der Waals surface area contributed by atoms with E-state index in [4.69, 9.17) is 16.6 Å². The molecule has 12 heavy (non-hydrogen) atoms. The molecule has 0 saturated heterocycles. The standard InChI is InChI=1S/C9H14N2O/c10-6-8(11)4-7-2-1-3-9(12)5-7/h1-3,5,8,12H,4,6,10-11H2. The Bertz CT molecular complexity index is 250. The lowest BCUT2D eigenvalue weighted by atomic mass is 10.1. The Labute approximate surface area is 72.0 Å². The van der Waals surface area contributed by atoms with Crippen LogP contribution in [0.1, 0.15) is 5.56 Å². The van der Waals surface area contributed by atoms with Gasteiger partial charge in [-0.15, -0.1) is 0 Å². The molecular formula is C9H14N2O. The first-order chi connectivity index (χ1) is 5.72. The van der Waals surface area contributed by atoms with E-state index >= 15 is 0 Å². The van der Waals surface area contributed by atoms with Gasteiger partial charge in [0.25, 0.3) is 0 Å². The van der Waals surface area contributed by atoms with Crippen molar-refractivity contribution in [2.24, 2.45) is 11.5 Å². The van der Waals surface area contributed by atoms with Gasteiger partial charge in [-0.3, -0.25) is 0 Å². The Hall–Kier alpha value is -1.06. The number of phenols is 1. The van der Waals surface area contributed by atoms with Crippen molar-refractivity contribution in [2.75, 3.05) is 6.54 Å². The molecule has 0 radical (unpaired) electrons. The van der Waals surface area contributed by atoms with Gasteiger partial charge in [0.05, 0.1) is 0 Å². The molecule has 0 spiro atoms. The van der Waals surface area contributed by atoms with Crippen LogP contribution >= 0.6 is 0 Å². The zero-order valence-corrected chi connectivity index (χ0v) is 6.90. The van der Waals surface area contributed by atoms with Gasteiger partial charge in [0.2, 0.25) is 0 Å². The van der Waals surface area contributed by atoms with E-state index in [1.165, 1.54) is 0 Å². The SMILES string of the molecule is NCC(N)Cc1cccc(O)c1. The first-order valence-electron chi connectivity index (χ1n) is 3.96. The maximum absolute atomic E-state index is 9.13. The lowest BCUT2D eigenvalue weighted by Gasteiger charge is -2.07. The highest BCUT2D eigenvalue weighted by atomic mass is 16.3. The average Bonchev–Trinajstić information content (AvgIpc) is 2.04. The molecule has 1 unspecified atom stereocenters. The van der Waals surface area contributed by atoms with Gasteiger partial charge >= 0.3 is 0 Å². The van der Waals surface area contributed by atoms with Crippen molar-refractivity contribution < 1.29 is 5.11 Å². The second kappa shape index (κ2) is 4.09. The maximum atomic E-state index is 9.13. The van der Waals surface area contributed by atoms with Crippen LogP contribution in [0.5, 0.6) is 5.75 Å². The van der Waals surface area contributed by atoms with E-state index < -0.39 is 0 Å². The minimum atomic E-state index is -0.0215. The molecule has 0 aliphatic heterocycles. The zero-order valence-electron chi connectivity index (χ0n) is 6.90. The molecule has 66 valence electrons. The topological polar surface area (TPSA) is 72.3 Å². The molecule has 0 aromatic heterocycles. The predicted molar refractivity (Wildman–Crippen MR) is 48.8 cm³/mol. The van der Waals surface area contributed by atoms with Gasteiger partial charge < -0.3 is 16.6 Å². The van der Waals surface area contributed by atoms with Gasteiger partial charge in [-0.25, -0.2) is 0 Å². The fourth-order valence-corrected chi connectivity index (χ4v) is 1.07. The molecule has 1 rings (SSSR count). The van der Waals surface area contributed by atoms with E-state index in [1.54, 1.807) is 18.2 Å². The Morgan fingerprint density at radius 1 is 1.42 bits per heavy atom. The molecule has 0 amide bonds. The molecular weight excluding hydrogens is 152 g/mol. The summed E-state index contributed by atoms with van der Waals surface area (Å²) in [5.74, 6) is 0.275. The molecule has 0 bridgehead atoms. The van der Waals surface area contributed by atoms with E-state index in [0.717, 1.165) is 5.56 Å². The van der Waals surface area contributed by atoms with Crippen LogP contribution in [0, 0.1) is 0 Å². The summed E-state index contributed by atoms with van der Waals surface area (Å²) in [6.07, 6.45) is 0.713. The average molecular weight is 166 g/mol. The molecule has 1 aromatic carbocycles. The largest absolute Gasteiger partial charge is 0.508 e. The lowest BCUT2D eigenvalue weighted by Crippen LogP contribution is -2.31. The van der Waals surface area contributed by atoms with Gasteiger partial charge in [-0.1, -0.05) is 12.1 Å². The van der Waals surface area contributed by atoms with E-state index in [9.17, 15) is 0 Å². The second-order valence-electron chi connectivity index (χ2n) is 2.87. The summed E-state index contributed by atoms with van der Waals surface area (Å²) in [6.45, 7) is 0.468. The minimum Gasteiger partial charge on any atom is -0.508 e. The highest BCUT2D eigenvalue weighted by Gasteiger charge is 2.01. The third-order valence-electron chi connectivity index (χ3n) is 1.71. The Morgan fingerprint density at radius 3 is 2.75 bits per heavy atom. The summed E-state index contributed by atoms with van der Waals surface area (Å²) in [5.41, 5.74) is 12.0. The van der Waals surface area contributed by atoms with Crippen molar-refractivity contribution in [1.29, 1.82) is 0 Å². The van der Waals surface area contributed by atoms with E-state index in [-0.39, 0.29) is 11.8 Å². The van der Waals surface area contributed by atoms with Crippen molar-refractivity contribution in [1.82, 2.24) is 0 Å². The number of hydrogen-bond acceptors (Lipinski definition) is 3. The Kier molecular flexibility index (Phi) is 3.08. The van der Waals surface area contributed by atoms with Crippen LogP contribution in [0.2, 0.25) is 0 Å². The number of phenolic OH excluding ortho intramolecular Hbond substituents is 1. The van der Waals surface area contributed by atoms with Crippen LogP contribution in [0.3, 0.4) is 0 Å². The van der Waals surface area contributed by atoms with Crippen molar-refractivity contribution in [3.05, 3.63) is 29.8 Å². The molecule has 3 nitrogen and oxygen atoms in total. The van der Waals surface area contributed by atoms with Crippen molar-refractivity contribution >= 4 is 0 Å². The van der Waals surface area contributed by atoms with Crippen molar-refractivity contribution in [3.63, 3.8) is 0 Å². The summed E-state index contributed by atoms with van der Waals surface area (Å²) in [6, 6.07) is 7.04. The normalized spacial score (nSPS) is 12.8. The summed E-state index contributed by atoms with van der Waals surface area (Å²) < 4.78 is 0. The molecule has 0 saturated carbocycles. The van der Waals surface area contributed by atoms with Crippen molar-refractivity contribution in [2.45, 2.75) is 12.5 Å². The van der Waals surface area contributed by atoms with Gasteiger partial charge in [-0.05, 0) is 24.1 Å². The molecule has 1 aromatic rings. The highest BCUT2D eigenvalue weighted by Crippen LogP contribution is 2.11. The Balaban J connectivity index is 2.63. The van der Waals surface area contributed by atoms with Crippen LogP contribution in [0.25, 0.3) is 0 Å². The molecule has 0 aliphatic rings. The molecule has 0 fully saturated rings. The van der Waals surface area contributed by atoms with E-state index in [2.05, 4.69) is 0 Å². The number of aromatic hydroxyl groups is 1. The van der Waals surface area contributed by atoms with Crippen LogP contribution in [0.4, 0.5) is 0 Å². The van der Waals surface area contributed by atoms with Crippen LogP contribution in [0.15, 0.2) is 24.3 Å². The quantitative estimate of drug-likeness (QED) is 0.601. The van der Waals surface area contributed by atoms with Crippen LogP contribution < -0.4 is 11.5 Å². The van der Waals surface area contributed by atoms with Crippen molar-refractivity contribution in [3.8, 4) is 5.75 Å². The fraction of sp³-hybridized carbons (Fsp3) is 0.333. The Morgan fingerprint density at radius 2 is 2.17 bits per heavy atom. The number of nitrogens with two attached hydrogens (primary N) is 2. The second-order valence-corrected chi connectivity index (χ2v) is 2.87. The third kappa shape index (κ3) is 2.53. The summed E-state index contributed by atoms with van der Waals surface area (Å²) >= 11 is 0. The first-order valence-corrected chi connectivity index (χ1v) is 3.96. The highest BCUT2D eigenvalue weighted by molar-refractivity contribution is 5.27. The number of benzene rings is 1. The lowest BCUT2D eigenvalue weighted by molar-refractivity contribution is 0.474. The van der Waals surface area contributed by atoms with E-state index in [0.29, 0.717) is 13.0 Å². The monoisotopic (exact) mass is 166 g/mol. The number of hydrogen-bond donors (Lipinski definition) is 3. The van der Waals surface area contributed by atoms with Gasteiger partial charge in [0.1, 0.15) is 5.75 Å². The molecule has 3 heteroatoms. The van der Waals surface area contributed by atoms with E-state index in [1.807, 2.05) is 6.07 Å². The molecule has 1 atom stereocenters. The fourth-order valence-electron chi connectivity index (χ4n) is 1.07. The van der Waals surface area contributed by atoms with Crippen LogP contribution in [-0.2, 0) is 6.42 Å². The number of rotatable bonds is 3. The minimum absolute atomic E-state index is 0.0215.